The molecule has 7 nitrogen and oxygen atoms in total. The number of carbonyl (C=O) groups excluding carboxylic acids is 2. The molecule has 2 aromatic rings. The molecule has 2 heterocycles. The van der Waals surface area contributed by atoms with Gasteiger partial charge in [0.2, 0.25) is 12.6 Å². The van der Waals surface area contributed by atoms with E-state index in [1.54, 1.807) is 31.2 Å². The van der Waals surface area contributed by atoms with Gasteiger partial charge in [0, 0.05) is 18.0 Å². The second-order valence-electron chi connectivity index (χ2n) is 4.80. The minimum atomic E-state index is -0.729. The van der Waals surface area contributed by atoms with Crippen molar-refractivity contribution in [3.63, 3.8) is 0 Å². The number of esters is 1. The largest absolute Gasteiger partial charge is 0.462 e. The van der Waals surface area contributed by atoms with Gasteiger partial charge in [-0.3, -0.25) is 4.79 Å². The zero-order valence-electron chi connectivity index (χ0n) is 12.9. The Bertz CT molecular complexity index is 778. The highest BCUT2D eigenvalue weighted by molar-refractivity contribution is 6.23. The summed E-state index contributed by atoms with van der Waals surface area (Å²) < 4.78 is 20.5. The molecule has 1 N–H and O–H groups in total. The number of benzene rings is 1. The maximum Gasteiger partial charge on any atom is 0.343 e. The molecule has 124 valence electrons. The third-order valence-electron chi connectivity index (χ3n) is 3.24. The van der Waals surface area contributed by atoms with Crippen LogP contribution in [0.3, 0.4) is 0 Å². The number of fused-ring (bicyclic) bond motifs is 1. The Labute approximate surface area is 137 Å². The van der Waals surface area contributed by atoms with Gasteiger partial charge in [0.05, 0.1) is 12.9 Å². The van der Waals surface area contributed by atoms with Crippen LogP contribution in [0.2, 0.25) is 0 Å². The van der Waals surface area contributed by atoms with Crippen molar-refractivity contribution in [1.29, 1.82) is 0 Å². The number of nitrogens with one attached hydrogen (secondary N) is 1. The maximum atomic E-state index is 12.4. The summed E-state index contributed by atoms with van der Waals surface area (Å²) in [6.07, 6.45) is 2.65. The summed E-state index contributed by atoms with van der Waals surface area (Å²) in [6, 6.07) is 8.23. The lowest BCUT2D eigenvalue weighted by Gasteiger charge is -2.07. The van der Waals surface area contributed by atoms with Crippen LogP contribution in [0.4, 0.5) is 5.69 Å². The Morgan fingerprint density at radius 2 is 2.08 bits per heavy atom. The number of ether oxygens (including phenoxy) is 3. The normalized spacial score (nSPS) is 12.8. The summed E-state index contributed by atoms with van der Waals surface area (Å²) in [5, 5.41) is 2.90. The number of Topliss-reactive ketones (excluding diaryl/α,β-unsaturated/α-hetero) is 1. The third kappa shape index (κ3) is 3.24. The molecule has 0 aliphatic carbocycles. The number of hydrogen-bond acceptors (Lipinski definition) is 7. The van der Waals surface area contributed by atoms with Gasteiger partial charge in [0.15, 0.2) is 17.3 Å². The summed E-state index contributed by atoms with van der Waals surface area (Å²) >= 11 is 0. The van der Waals surface area contributed by atoms with Gasteiger partial charge in [-0.2, -0.15) is 0 Å². The molecule has 1 aromatic heterocycles. The van der Waals surface area contributed by atoms with E-state index >= 15 is 0 Å². The Balaban J connectivity index is 1.83. The molecule has 0 atom stereocenters. The fraction of sp³-hybridized carbons (Fsp3) is 0.176. The van der Waals surface area contributed by atoms with Gasteiger partial charge in [0.1, 0.15) is 5.57 Å². The van der Waals surface area contributed by atoms with Gasteiger partial charge in [0.25, 0.3) is 0 Å². The van der Waals surface area contributed by atoms with Crippen LogP contribution in [0, 0.1) is 0 Å². The number of furan rings is 1. The molecule has 0 saturated heterocycles. The lowest BCUT2D eigenvalue weighted by molar-refractivity contribution is -0.138. The van der Waals surface area contributed by atoms with Crippen LogP contribution in [-0.2, 0) is 9.53 Å². The Kier molecular flexibility index (Phi) is 4.51. The standard InChI is InChI=1S/C17H15NO6/c1-2-21-17(20)12(16(19)14-4-3-7-22-14)9-18-11-5-6-13-15(8-11)24-10-23-13/h3-9,18H,2,10H2,1H3/b12-9-. The first-order chi connectivity index (χ1) is 11.7. The van der Waals surface area contributed by atoms with Crippen molar-refractivity contribution in [1.82, 2.24) is 0 Å². The topological polar surface area (TPSA) is 87.0 Å². The molecule has 0 spiro atoms. The highest BCUT2D eigenvalue weighted by Crippen LogP contribution is 2.34. The van der Waals surface area contributed by atoms with E-state index in [0.717, 1.165) is 0 Å². The van der Waals surface area contributed by atoms with Crippen LogP contribution in [0.25, 0.3) is 0 Å². The first-order valence-corrected chi connectivity index (χ1v) is 7.30. The number of rotatable bonds is 6. The third-order valence-corrected chi connectivity index (χ3v) is 3.24. The Hall–Kier alpha value is -3.22. The lowest BCUT2D eigenvalue weighted by atomic mass is 10.1. The molecule has 7 heteroatoms. The van der Waals surface area contributed by atoms with Crippen LogP contribution in [0.15, 0.2) is 52.8 Å². The first-order valence-electron chi connectivity index (χ1n) is 7.30. The van der Waals surface area contributed by atoms with E-state index in [2.05, 4.69) is 5.32 Å². The van der Waals surface area contributed by atoms with E-state index in [9.17, 15) is 9.59 Å². The maximum absolute atomic E-state index is 12.4. The predicted octanol–water partition coefficient (Wildman–Crippen LogP) is 2.75. The molecule has 24 heavy (non-hydrogen) atoms. The molecular weight excluding hydrogens is 314 g/mol. The Morgan fingerprint density at radius 1 is 1.25 bits per heavy atom. The highest BCUT2D eigenvalue weighted by atomic mass is 16.7. The molecule has 0 fully saturated rings. The molecule has 1 aliphatic heterocycles. The molecule has 0 saturated carbocycles. The van der Waals surface area contributed by atoms with Crippen LogP contribution >= 0.6 is 0 Å². The van der Waals surface area contributed by atoms with E-state index in [-0.39, 0.29) is 24.7 Å². The van der Waals surface area contributed by atoms with Crippen LogP contribution < -0.4 is 14.8 Å². The summed E-state index contributed by atoms with van der Waals surface area (Å²) in [4.78, 5) is 24.4. The van der Waals surface area contributed by atoms with E-state index in [4.69, 9.17) is 18.6 Å². The fourth-order valence-electron chi connectivity index (χ4n) is 2.11. The smallest absolute Gasteiger partial charge is 0.343 e. The van der Waals surface area contributed by atoms with Crippen LogP contribution in [0.1, 0.15) is 17.5 Å². The molecule has 0 amide bonds. The van der Waals surface area contributed by atoms with Crippen molar-refractivity contribution < 1.29 is 28.2 Å². The SMILES string of the molecule is CCOC(=O)/C(=C\Nc1ccc2c(c1)OCO2)C(=O)c1ccco1. The molecule has 0 unspecified atom stereocenters. The fourth-order valence-corrected chi connectivity index (χ4v) is 2.11. The van der Waals surface area contributed by atoms with Gasteiger partial charge in [-0.25, -0.2) is 4.79 Å². The van der Waals surface area contributed by atoms with Crippen molar-refractivity contribution in [2.24, 2.45) is 0 Å². The predicted molar refractivity (Wildman–Crippen MR) is 83.9 cm³/mol. The molecule has 3 rings (SSSR count). The van der Waals surface area contributed by atoms with Crippen molar-refractivity contribution in [3.05, 3.63) is 54.1 Å². The molecule has 0 bridgehead atoms. The summed E-state index contributed by atoms with van der Waals surface area (Å²) in [6.45, 7) is 1.99. The molecule has 0 radical (unpaired) electrons. The van der Waals surface area contributed by atoms with Gasteiger partial charge in [-0.05, 0) is 31.2 Å². The average Bonchev–Trinajstić information content (AvgIpc) is 3.26. The van der Waals surface area contributed by atoms with Gasteiger partial charge < -0.3 is 23.9 Å². The zero-order chi connectivity index (χ0) is 16.9. The monoisotopic (exact) mass is 329 g/mol. The van der Waals surface area contributed by atoms with Crippen molar-refractivity contribution in [3.8, 4) is 11.5 Å². The van der Waals surface area contributed by atoms with E-state index in [0.29, 0.717) is 17.2 Å². The van der Waals surface area contributed by atoms with E-state index in [1.165, 1.54) is 18.5 Å². The van der Waals surface area contributed by atoms with Gasteiger partial charge in [-0.15, -0.1) is 0 Å². The summed E-state index contributed by atoms with van der Waals surface area (Å²) in [5.41, 5.74) is 0.470. The number of ketones is 1. The van der Waals surface area contributed by atoms with E-state index < -0.39 is 11.8 Å². The number of anilines is 1. The molecular formula is C17H15NO6. The molecule has 1 aliphatic rings. The van der Waals surface area contributed by atoms with E-state index in [1.807, 2.05) is 0 Å². The van der Waals surface area contributed by atoms with Crippen molar-refractivity contribution >= 4 is 17.4 Å². The van der Waals surface area contributed by atoms with Gasteiger partial charge >= 0.3 is 5.97 Å². The summed E-state index contributed by atoms with van der Waals surface area (Å²) in [5.74, 6) is -0.00844. The van der Waals surface area contributed by atoms with Crippen LogP contribution in [-0.4, -0.2) is 25.2 Å². The van der Waals surface area contributed by atoms with Gasteiger partial charge in [-0.1, -0.05) is 0 Å². The second kappa shape index (κ2) is 6.91. The second-order valence-corrected chi connectivity index (χ2v) is 4.80. The average molecular weight is 329 g/mol. The minimum Gasteiger partial charge on any atom is -0.462 e. The zero-order valence-corrected chi connectivity index (χ0v) is 12.9. The Morgan fingerprint density at radius 3 is 2.83 bits per heavy atom. The van der Waals surface area contributed by atoms with Crippen molar-refractivity contribution in [2.45, 2.75) is 6.92 Å². The van der Waals surface area contributed by atoms with Crippen molar-refractivity contribution in [2.75, 3.05) is 18.7 Å². The number of hydrogen-bond donors (Lipinski definition) is 1. The highest BCUT2D eigenvalue weighted by Gasteiger charge is 2.23. The number of carbonyl (C=O) groups is 2. The quantitative estimate of drug-likeness (QED) is 0.287. The molecule has 1 aromatic carbocycles. The minimum absolute atomic E-state index is 0.0572. The lowest BCUT2D eigenvalue weighted by Crippen LogP contribution is -2.17. The van der Waals surface area contributed by atoms with Crippen LogP contribution in [0.5, 0.6) is 11.5 Å². The summed E-state index contributed by atoms with van der Waals surface area (Å²) in [7, 11) is 0. The first kappa shape index (κ1) is 15.7.